The molecule has 0 spiro atoms. The predicted molar refractivity (Wildman–Crippen MR) is 36.9 cm³/mol. The van der Waals surface area contributed by atoms with Crippen molar-refractivity contribution in [2.24, 2.45) is 0 Å². The van der Waals surface area contributed by atoms with Crippen molar-refractivity contribution in [2.75, 3.05) is 0 Å². The van der Waals surface area contributed by atoms with Gasteiger partial charge in [0.15, 0.2) is 0 Å². The molecule has 42 valence electrons. The van der Waals surface area contributed by atoms with Gasteiger partial charge in [0.25, 0.3) is 0 Å². The van der Waals surface area contributed by atoms with E-state index in [1.807, 2.05) is 0 Å². The Balaban J connectivity index is 0. The first-order chi connectivity index (χ1) is 2.77. The summed E-state index contributed by atoms with van der Waals surface area (Å²) in [6.07, 6.45) is 0.948. The Morgan fingerprint density at radius 1 is 1.71 bits per heavy atom. The summed E-state index contributed by atoms with van der Waals surface area (Å²) >= 11 is 3.50. The van der Waals surface area contributed by atoms with Crippen molar-refractivity contribution in [3.8, 4) is 0 Å². The van der Waals surface area contributed by atoms with E-state index in [-0.39, 0.29) is 9.90 Å². The molecule has 1 N–H and O–H groups in total. The van der Waals surface area contributed by atoms with Crippen LogP contribution in [0.25, 0.3) is 0 Å². The van der Waals surface area contributed by atoms with E-state index < -0.39 is 5.97 Å². The molecule has 0 aromatic rings. The third-order valence-corrected chi connectivity index (χ3v) is 0.366. The van der Waals surface area contributed by atoms with Gasteiger partial charge < -0.3 is 5.11 Å². The van der Waals surface area contributed by atoms with Crippen LogP contribution in [0.1, 0.15) is 0 Å². The average Bonchev–Trinajstić information content (AvgIpc) is 1.35. The van der Waals surface area contributed by atoms with E-state index >= 15 is 0 Å². The van der Waals surface area contributed by atoms with E-state index in [1.54, 1.807) is 0 Å². The summed E-state index contributed by atoms with van der Waals surface area (Å²) in [6, 6.07) is 0. The molecule has 0 rings (SSSR count). The van der Waals surface area contributed by atoms with Gasteiger partial charge in [0.05, 0.1) is 0 Å². The summed E-state index contributed by atoms with van der Waals surface area (Å²) in [5.41, 5.74) is 0. The minimum Gasteiger partial charge on any atom is -0.478 e. The third-order valence-electron chi connectivity index (χ3n) is 0.217. The van der Waals surface area contributed by atoms with Crippen molar-refractivity contribution in [1.82, 2.24) is 0 Å². The highest BCUT2D eigenvalue weighted by Crippen LogP contribution is 1.73. The predicted octanol–water partition coefficient (Wildman–Crippen LogP) is 0.573. The smallest absolute Gasteiger partial charge is 0.328 e. The normalized spacial score (nSPS) is 8.14. The first-order valence-electron chi connectivity index (χ1n) is 1.31. The molecule has 0 aromatic carbocycles. The molecule has 7 heavy (non-hydrogen) atoms. The molecule has 2 nitrogen and oxygen atoms in total. The van der Waals surface area contributed by atoms with Crippen LogP contribution in [0, 0.1) is 0 Å². The van der Waals surface area contributed by atoms with Crippen LogP contribution in [0.15, 0.2) is 11.5 Å². The second kappa shape index (κ2) is 5.99. The van der Waals surface area contributed by atoms with Crippen molar-refractivity contribution in [2.45, 2.75) is 0 Å². The van der Waals surface area contributed by atoms with Gasteiger partial charge in [-0.25, -0.2) is 4.79 Å². The second-order valence-electron chi connectivity index (χ2n) is 0.654. The van der Waals surface area contributed by atoms with Gasteiger partial charge in [0, 0.05) is 6.08 Å². The zero-order chi connectivity index (χ0) is 4.99. The molecule has 1 unspecified atom stereocenters. The van der Waals surface area contributed by atoms with E-state index in [4.69, 9.17) is 5.11 Å². The summed E-state index contributed by atoms with van der Waals surface area (Å²) < 4.78 is 0. The van der Waals surface area contributed by atoms with Crippen LogP contribution in [0.5, 0.6) is 0 Å². The van der Waals surface area contributed by atoms with Gasteiger partial charge in [0.1, 0.15) is 0 Å². The number of carbonyl (C=O) groups is 1. The van der Waals surface area contributed by atoms with Crippen LogP contribution < -0.4 is 0 Å². The molecule has 0 amide bonds. The van der Waals surface area contributed by atoms with Crippen LogP contribution in [-0.2, 0) is 4.79 Å². The Morgan fingerprint density at radius 2 is 2.14 bits per heavy atom. The van der Waals surface area contributed by atoms with Gasteiger partial charge in [-0.1, -0.05) is 0 Å². The van der Waals surface area contributed by atoms with E-state index in [2.05, 4.69) is 12.6 Å². The first-order valence-corrected chi connectivity index (χ1v) is 1.82. The van der Waals surface area contributed by atoms with Crippen LogP contribution in [0.4, 0.5) is 0 Å². The Hall–Kier alpha value is -0.0100. The standard InChI is InChI=1S/C3H4O2S.H3P/c4-3(5)1-2-6;/h1-2,6H,(H,4,5);1H3. The lowest BCUT2D eigenvalue weighted by atomic mass is 10.7. The largest absolute Gasteiger partial charge is 0.478 e. The fourth-order valence-corrected chi connectivity index (χ4v) is 0.191. The quantitative estimate of drug-likeness (QED) is 0.316. The van der Waals surface area contributed by atoms with E-state index in [0.717, 1.165) is 6.08 Å². The molecule has 0 aliphatic rings. The fourth-order valence-electron chi connectivity index (χ4n) is 0.0638. The summed E-state index contributed by atoms with van der Waals surface area (Å²) in [4.78, 5) is 9.46. The average molecular weight is 138 g/mol. The van der Waals surface area contributed by atoms with Crippen molar-refractivity contribution in [3.05, 3.63) is 11.5 Å². The molecule has 0 aromatic heterocycles. The van der Waals surface area contributed by atoms with Gasteiger partial charge in [-0.2, -0.15) is 22.5 Å². The van der Waals surface area contributed by atoms with Crippen LogP contribution >= 0.6 is 22.5 Å². The van der Waals surface area contributed by atoms with Gasteiger partial charge in [-0.3, -0.25) is 0 Å². The summed E-state index contributed by atoms with van der Waals surface area (Å²) in [6.45, 7) is 0. The third kappa shape index (κ3) is 10.7. The van der Waals surface area contributed by atoms with Gasteiger partial charge >= 0.3 is 5.97 Å². The van der Waals surface area contributed by atoms with Crippen molar-refractivity contribution >= 4 is 28.5 Å². The highest BCUT2D eigenvalue weighted by atomic mass is 32.1. The van der Waals surface area contributed by atoms with Gasteiger partial charge in [0.2, 0.25) is 0 Å². The number of hydrogen-bond acceptors (Lipinski definition) is 2. The molecule has 0 radical (unpaired) electrons. The molecule has 1 atom stereocenters. The lowest BCUT2D eigenvalue weighted by molar-refractivity contribution is -0.131. The Labute approximate surface area is 50.6 Å². The van der Waals surface area contributed by atoms with Crippen molar-refractivity contribution in [3.63, 3.8) is 0 Å². The number of aliphatic carboxylic acids is 1. The number of carboxylic acid groups (broad SMARTS) is 1. The van der Waals surface area contributed by atoms with Crippen LogP contribution in [0.3, 0.4) is 0 Å². The maximum atomic E-state index is 9.46. The Morgan fingerprint density at radius 3 is 2.14 bits per heavy atom. The number of thiol groups is 1. The minimum absolute atomic E-state index is 0. The van der Waals surface area contributed by atoms with Crippen LogP contribution in [-0.4, -0.2) is 11.1 Å². The zero-order valence-electron chi connectivity index (χ0n) is 3.66. The second-order valence-corrected chi connectivity index (χ2v) is 0.952. The molecule has 0 aliphatic carbocycles. The maximum Gasteiger partial charge on any atom is 0.328 e. The monoisotopic (exact) mass is 138 g/mol. The van der Waals surface area contributed by atoms with E-state index in [9.17, 15) is 4.79 Å². The number of hydrogen-bond donors (Lipinski definition) is 2. The SMILES string of the molecule is O=C(O)C=CS.P. The van der Waals surface area contributed by atoms with Crippen molar-refractivity contribution in [1.29, 1.82) is 0 Å². The van der Waals surface area contributed by atoms with E-state index in [0.29, 0.717) is 0 Å². The summed E-state index contributed by atoms with van der Waals surface area (Å²) in [5.74, 6) is -0.968. The molecule has 0 bridgehead atoms. The molecule has 0 fully saturated rings. The molecule has 0 saturated heterocycles. The molecule has 0 aliphatic heterocycles. The maximum absolute atomic E-state index is 9.46. The zero-order valence-corrected chi connectivity index (χ0v) is 5.97. The molecule has 4 heteroatoms. The topological polar surface area (TPSA) is 37.3 Å². The van der Waals surface area contributed by atoms with Crippen molar-refractivity contribution < 1.29 is 9.90 Å². The Kier molecular flexibility index (Phi) is 8.62. The highest BCUT2D eigenvalue weighted by molar-refractivity contribution is 7.83. The van der Waals surface area contributed by atoms with Gasteiger partial charge in [-0.05, 0) is 5.41 Å². The number of carboxylic acids is 1. The van der Waals surface area contributed by atoms with Gasteiger partial charge in [-0.15, -0.1) is 0 Å². The molecular weight excluding hydrogens is 131 g/mol. The first kappa shape index (κ1) is 10.1. The highest BCUT2D eigenvalue weighted by Gasteiger charge is 1.77. The lowest BCUT2D eigenvalue weighted by Crippen LogP contribution is -1.83. The molecular formula is C3H7O2PS. The minimum atomic E-state index is -0.968. The van der Waals surface area contributed by atoms with Crippen LogP contribution in [0.2, 0.25) is 0 Å². The Bertz CT molecular complexity index is 81.0. The summed E-state index contributed by atoms with van der Waals surface area (Å²) in [5, 5.41) is 8.95. The molecule has 0 heterocycles. The summed E-state index contributed by atoms with van der Waals surface area (Å²) in [7, 11) is 0. The lowest BCUT2D eigenvalue weighted by Gasteiger charge is -1.68. The fraction of sp³-hybridized carbons (Fsp3) is 0. The number of rotatable bonds is 1. The molecule has 0 saturated carbocycles. The van der Waals surface area contributed by atoms with E-state index in [1.165, 1.54) is 5.41 Å².